The van der Waals surface area contributed by atoms with Crippen molar-refractivity contribution in [2.24, 2.45) is 0 Å². The maximum Gasteiger partial charge on any atom is 0.339 e. The van der Waals surface area contributed by atoms with E-state index in [1.54, 1.807) is 36.8 Å². The Hall–Kier alpha value is -4.85. The summed E-state index contributed by atoms with van der Waals surface area (Å²) in [5, 5.41) is 10.4. The molecule has 3 heterocycles. The second-order valence-electron chi connectivity index (χ2n) is 7.93. The zero-order valence-corrected chi connectivity index (χ0v) is 19.5. The van der Waals surface area contributed by atoms with E-state index in [0.717, 1.165) is 17.7 Å². The van der Waals surface area contributed by atoms with Crippen molar-refractivity contribution in [1.29, 1.82) is 0 Å². The molecular weight excluding hydrogens is 456 g/mol. The number of hydrogen-bond acceptors (Lipinski definition) is 7. The van der Waals surface area contributed by atoms with Crippen LogP contribution in [0.3, 0.4) is 0 Å². The van der Waals surface area contributed by atoms with Gasteiger partial charge < -0.3 is 14.6 Å². The van der Waals surface area contributed by atoms with Crippen LogP contribution in [0.1, 0.15) is 28.5 Å². The van der Waals surface area contributed by atoms with Gasteiger partial charge in [0.2, 0.25) is 0 Å². The van der Waals surface area contributed by atoms with Gasteiger partial charge in [-0.15, -0.1) is 0 Å². The smallest absolute Gasteiger partial charge is 0.339 e. The lowest BCUT2D eigenvalue weighted by molar-refractivity contribution is 0.0692. The number of hydrogen-bond donors (Lipinski definition) is 1. The lowest BCUT2D eigenvalue weighted by Crippen LogP contribution is -2.04. The molecule has 0 amide bonds. The van der Waals surface area contributed by atoms with Crippen LogP contribution in [0, 0.1) is 0 Å². The number of ether oxygens (including phenoxy) is 2. The highest BCUT2D eigenvalue weighted by atomic mass is 16.5. The molecule has 0 aliphatic rings. The van der Waals surface area contributed by atoms with E-state index in [0.29, 0.717) is 33.9 Å². The number of aromatic carboxylic acids is 1. The molecule has 0 saturated heterocycles. The predicted molar refractivity (Wildman–Crippen MR) is 134 cm³/mol. The summed E-state index contributed by atoms with van der Waals surface area (Å²) in [7, 11) is 0. The minimum Gasteiger partial charge on any atom is -0.488 e. The van der Waals surface area contributed by atoms with Gasteiger partial charge >= 0.3 is 5.97 Å². The molecule has 5 aromatic rings. The minimum atomic E-state index is -1.10. The standard InChI is InChI=1S/C28H22N4O4/c1-2-19-9-10-24(26(32-19)27-30-12-6-13-31-27)36-23-11-14-29-22-15-21(28(33)34)25(16-20(22)23)35-17-18-7-4-3-5-8-18/h3-16H,2,17H2,1H3,(H,33,34). The zero-order chi connectivity index (χ0) is 24.9. The second-order valence-corrected chi connectivity index (χ2v) is 7.93. The van der Waals surface area contributed by atoms with Gasteiger partial charge in [0.15, 0.2) is 17.3 Å². The van der Waals surface area contributed by atoms with Crippen molar-refractivity contribution in [2.45, 2.75) is 20.0 Å². The topological polar surface area (TPSA) is 107 Å². The van der Waals surface area contributed by atoms with Gasteiger partial charge in [-0.1, -0.05) is 37.3 Å². The lowest BCUT2D eigenvalue weighted by Gasteiger charge is -2.15. The van der Waals surface area contributed by atoms with Crippen LogP contribution in [0.5, 0.6) is 17.2 Å². The largest absolute Gasteiger partial charge is 0.488 e. The van der Waals surface area contributed by atoms with Crippen molar-refractivity contribution in [2.75, 3.05) is 0 Å². The molecular formula is C28H22N4O4. The van der Waals surface area contributed by atoms with Crippen LogP contribution >= 0.6 is 0 Å². The number of aromatic nitrogens is 4. The summed E-state index contributed by atoms with van der Waals surface area (Å²) < 4.78 is 12.2. The molecule has 0 saturated carbocycles. The van der Waals surface area contributed by atoms with E-state index in [9.17, 15) is 9.90 Å². The monoisotopic (exact) mass is 478 g/mol. The van der Waals surface area contributed by atoms with Gasteiger partial charge in [-0.05, 0) is 48.4 Å². The van der Waals surface area contributed by atoms with Gasteiger partial charge in [0, 0.05) is 29.7 Å². The predicted octanol–water partition coefficient (Wildman–Crippen LogP) is 5.72. The lowest BCUT2D eigenvalue weighted by atomic mass is 10.1. The Morgan fingerprint density at radius 3 is 2.42 bits per heavy atom. The molecule has 1 N–H and O–H groups in total. The van der Waals surface area contributed by atoms with Crippen molar-refractivity contribution in [3.8, 4) is 28.8 Å². The molecule has 0 aliphatic heterocycles. The maximum absolute atomic E-state index is 12.0. The fourth-order valence-electron chi connectivity index (χ4n) is 3.72. The number of carboxylic acid groups (broad SMARTS) is 1. The van der Waals surface area contributed by atoms with Crippen LogP contribution in [0.15, 0.2) is 85.3 Å². The number of carboxylic acids is 1. The van der Waals surface area contributed by atoms with Crippen molar-refractivity contribution >= 4 is 16.9 Å². The minimum absolute atomic E-state index is 0.0235. The second kappa shape index (κ2) is 10.2. The molecule has 0 atom stereocenters. The average molecular weight is 479 g/mol. The highest BCUT2D eigenvalue weighted by Crippen LogP contribution is 2.36. The molecule has 0 fully saturated rings. The molecule has 8 heteroatoms. The summed E-state index contributed by atoms with van der Waals surface area (Å²) in [4.78, 5) is 29.7. The van der Waals surface area contributed by atoms with E-state index in [-0.39, 0.29) is 17.9 Å². The Kier molecular flexibility index (Phi) is 6.48. The summed E-state index contributed by atoms with van der Waals surface area (Å²) in [6.07, 6.45) is 5.62. The first kappa shape index (κ1) is 22.9. The normalized spacial score (nSPS) is 10.8. The summed E-state index contributed by atoms with van der Waals surface area (Å²) in [5.41, 5.74) is 2.81. The van der Waals surface area contributed by atoms with Crippen LogP contribution in [0.2, 0.25) is 0 Å². The first-order valence-electron chi connectivity index (χ1n) is 11.4. The van der Waals surface area contributed by atoms with E-state index in [2.05, 4.69) is 19.9 Å². The number of pyridine rings is 2. The fraction of sp³-hybridized carbons (Fsp3) is 0.107. The van der Waals surface area contributed by atoms with Gasteiger partial charge in [0.1, 0.15) is 23.7 Å². The van der Waals surface area contributed by atoms with E-state index in [1.165, 1.54) is 6.07 Å². The fourth-order valence-corrected chi connectivity index (χ4v) is 3.72. The number of rotatable bonds is 8. The molecule has 0 spiro atoms. The van der Waals surface area contributed by atoms with E-state index in [4.69, 9.17) is 9.47 Å². The molecule has 8 nitrogen and oxygen atoms in total. The Bertz CT molecular complexity index is 1530. The molecule has 0 radical (unpaired) electrons. The summed E-state index contributed by atoms with van der Waals surface area (Å²) in [6, 6.07) is 19.9. The Balaban J connectivity index is 1.56. The molecule has 178 valence electrons. The SMILES string of the molecule is CCc1ccc(Oc2ccnc3cc(C(=O)O)c(OCc4ccccc4)cc23)c(-c2ncccn2)n1. The first-order chi connectivity index (χ1) is 17.6. The van der Waals surface area contributed by atoms with Crippen LogP contribution in [-0.4, -0.2) is 31.0 Å². The Morgan fingerprint density at radius 2 is 1.67 bits per heavy atom. The van der Waals surface area contributed by atoms with Crippen molar-refractivity contribution in [3.63, 3.8) is 0 Å². The van der Waals surface area contributed by atoms with Crippen molar-refractivity contribution < 1.29 is 19.4 Å². The Labute approximate surface area is 207 Å². The highest BCUT2D eigenvalue weighted by molar-refractivity contribution is 5.98. The van der Waals surface area contributed by atoms with Crippen LogP contribution < -0.4 is 9.47 Å². The van der Waals surface area contributed by atoms with Crippen LogP contribution in [0.25, 0.3) is 22.4 Å². The van der Waals surface area contributed by atoms with Gasteiger partial charge in [0.25, 0.3) is 0 Å². The maximum atomic E-state index is 12.0. The summed E-state index contributed by atoms with van der Waals surface area (Å²) >= 11 is 0. The third-order valence-corrected chi connectivity index (χ3v) is 5.55. The third kappa shape index (κ3) is 4.83. The third-order valence-electron chi connectivity index (χ3n) is 5.55. The van der Waals surface area contributed by atoms with E-state index >= 15 is 0 Å². The molecule has 0 aliphatic carbocycles. The number of nitrogens with zero attached hydrogens (tertiary/aromatic N) is 4. The molecule has 0 unspecified atom stereocenters. The quantitative estimate of drug-likeness (QED) is 0.302. The highest BCUT2D eigenvalue weighted by Gasteiger charge is 2.18. The van der Waals surface area contributed by atoms with Gasteiger partial charge in [0.05, 0.1) is 5.52 Å². The molecule has 2 aromatic carbocycles. The van der Waals surface area contributed by atoms with E-state index in [1.807, 2.05) is 49.4 Å². The zero-order valence-electron chi connectivity index (χ0n) is 19.5. The number of fused-ring (bicyclic) bond motifs is 1. The van der Waals surface area contributed by atoms with Crippen LogP contribution in [0.4, 0.5) is 0 Å². The van der Waals surface area contributed by atoms with E-state index < -0.39 is 5.97 Å². The average Bonchev–Trinajstić information content (AvgIpc) is 2.93. The van der Waals surface area contributed by atoms with Gasteiger partial charge in [-0.25, -0.2) is 19.7 Å². The molecule has 0 bridgehead atoms. The number of carbonyl (C=O) groups is 1. The van der Waals surface area contributed by atoms with Gasteiger partial charge in [-0.3, -0.25) is 4.98 Å². The van der Waals surface area contributed by atoms with Crippen molar-refractivity contribution in [3.05, 3.63) is 102 Å². The first-order valence-corrected chi connectivity index (χ1v) is 11.4. The number of aryl methyl sites for hydroxylation is 1. The van der Waals surface area contributed by atoms with Gasteiger partial charge in [-0.2, -0.15) is 0 Å². The molecule has 5 rings (SSSR count). The molecule has 3 aromatic heterocycles. The Morgan fingerprint density at radius 1 is 0.861 bits per heavy atom. The number of benzene rings is 2. The molecule has 36 heavy (non-hydrogen) atoms. The summed E-state index contributed by atoms with van der Waals surface area (Å²) in [5.74, 6) is 0.518. The van der Waals surface area contributed by atoms with Crippen molar-refractivity contribution in [1.82, 2.24) is 19.9 Å². The summed E-state index contributed by atoms with van der Waals surface area (Å²) in [6.45, 7) is 2.24. The van der Waals surface area contributed by atoms with Crippen LogP contribution in [-0.2, 0) is 13.0 Å².